The fourth-order valence-electron chi connectivity index (χ4n) is 1.18. The Morgan fingerprint density at radius 2 is 1.89 bits per heavy atom. The van der Waals surface area contributed by atoms with E-state index in [4.69, 9.17) is 39.9 Å². The minimum Gasteiger partial charge on any atom is -0.465 e. The second-order valence-corrected chi connectivity index (χ2v) is 5.93. The van der Waals surface area contributed by atoms with Gasteiger partial charge in [0.25, 0.3) is 0 Å². The average molecular weight is 338 g/mol. The molecule has 0 fully saturated rings. The molecule has 10 heteroatoms. The Morgan fingerprint density at radius 1 is 1.32 bits per heavy atom. The molecule has 0 atom stereocenters. The van der Waals surface area contributed by atoms with Crippen molar-refractivity contribution in [2.75, 3.05) is 11.4 Å². The summed E-state index contributed by atoms with van der Waals surface area (Å²) in [6.45, 7) is -0.629. The minimum atomic E-state index is -4.65. The van der Waals surface area contributed by atoms with E-state index in [2.05, 4.69) is 4.98 Å². The van der Waals surface area contributed by atoms with Crippen molar-refractivity contribution in [3.8, 4) is 0 Å². The van der Waals surface area contributed by atoms with Crippen LogP contribution in [0, 0.1) is 0 Å². The van der Waals surface area contributed by atoms with E-state index >= 15 is 0 Å². The van der Waals surface area contributed by atoms with Crippen LogP contribution < -0.4 is 4.90 Å². The van der Waals surface area contributed by atoms with Crippen LogP contribution >= 0.6 is 34.8 Å². The van der Waals surface area contributed by atoms with Gasteiger partial charge in [-0.05, 0) is 6.07 Å². The third kappa shape index (κ3) is 4.93. The van der Waals surface area contributed by atoms with Gasteiger partial charge in [-0.25, -0.2) is 4.79 Å². The lowest BCUT2D eigenvalue weighted by molar-refractivity contribution is -0.137. The molecule has 0 unspecified atom stereocenters. The number of rotatable bonds is 2. The topological polar surface area (TPSA) is 53.4 Å². The predicted molar refractivity (Wildman–Crippen MR) is 64.9 cm³/mol. The molecule has 1 amide bonds. The number of aromatic nitrogens is 1. The second kappa shape index (κ2) is 5.60. The molecule has 0 radical (unpaired) electrons. The summed E-state index contributed by atoms with van der Waals surface area (Å²) in [5, 5.41) is 8.92. The molecular formula is C9H6Cl3F3N2O2. The van der Waals surface area contributed by atoms with E-state index in [-0.39, 0.29) is 5.69 Å². The summed E-state index contributed by atoms with van der Waals surface area (Å²) >= 11 is 16.3. The predicted octanol–water partition coefficient (Wildman–Crippen LogP) is 3.96. The van der Waals surface area contributed by atoms with Gasteiger partial charge in [-0.15, -0.1) is 0 Å². The number of pyridine rings is 1. The number of amides is 1. The first-order chi connectivity index (χ1) is 8.50. The number of carboxylic acid groups (broad SMARTS) is 1. The lowest BCUT2D eigenvalue weighted by atomic mass is 10.2. The van der Waals surface area contributed by atoms with Crippen LogP contribution in [0.25, 0.3) is 0 Å². The fraction of sp³-hybridized carbons (Fsp3) is 0.333. The van der Waals surface area contributed by atoms with Crippen molar-refractivity contribution in [1.29, 1.82) is 0 Å². The zero-order valence-corrected chi connectivity index (χ0v) is 11.2. The monoisotopic (exact) mass is 336 g/mol. The molecule has 1 heterocycles. The Balaban J connectivity index is 3.14. The summed E-state index contributed by atoms with van der Waals surface area (Å²) in [4.78, 5) is 14.8. The van der Waals surface area contributed by atoms with Crippen molar-refractivity contribution >= 4 is 46.6 Å². The summed E-state index contributed by atoms with van der Waals surface area (Å²) in [6, 6.07) is 0.609. The molecule has 1 N–H and O–H groups in total. The molecule has 0 spiro atoms. The Labute approximate surface area is 120 Å². The van der Waals surface area contributed by atoms with Crippen molar-refractivity contribution in [1.82, 2.24) is 4.98 Å². The van der Waals surface area contributed by atoms with E-state index in [9.17, 15) is 18.0 Å². The highest BCUT2D eigenvalue weighted by molar-refractivity contribution is 6.68. The smallest absolute Gasteiger partial charge is 0.417 e. The summed E-state index contributed by atoms with van der Waals surface area (Å²) in [5.41, 5.74) is -1.44. The van der Waals surface area contributed by atoms with E-state index < -0.39 is 28.2 Å². The van der Waals surface area contributed by atoms with Crippen molar-refractivity contribution in [2.45, 2.75) is 9.97 Å². The first-order valence-electron chi connectivity index (χ1n) is 4.60. The molecule has 0 saturated carbocycles. The zero-order valence-electron chi connectivity index (χ0n) is 8.96. The molecule has 1 rings (SSSR count). The number of alkyl halides is 6. The van der Waals surface area contributed by atoms with Crippen molar-refractivity contribution in [3.63, 3.8) is 0 Å². The molecule has 4 nitrogen and oxygen atoms in total. The maximum absolute atomic E-state index is 12.5. The van der Waals surface area contributed by atoms with Gasteiger partial charge in [0.15, 0.2) is 0 Å². The lowest BCUT2D eigenvalue weighted by Crippen LogP contribution is -2.37. The number of carbonyl (C=O) groups is 1. The Hall–Kier alpha value is -0.920. The molecule has 1 aromatic rings. The van der Waals surface area contributed by atoms with Gasteiger partial charge in [-0.2, -0.15) is 13.2 Å². The molecular weight excluding hydrogens is 331 g/mol. The molecule has 0 saturated heterocycles. The average Bonchev–Trinajstić information content (AvgIpc) is 2.23. The number of hydrogen-bond acceptors (Lipinski definition) is 2. The molecule has 19 heavy (non-hydrogen) atoms. The molecule has 0 aliphatic heterocycles. The molecule has 0 aromatic carbocycles. The molecule has 106 valence electrons. The van der Waals surface area contributed by atoms with Crippen LogP contribution in [-0.2, 0) is 6.18 Å². The first kappa shape index (κ1) is 16.1. The van der Waals surface area contributed by atoms with Crippen LogP contribution in [0.1, 0.15) is 5.56 Å². The SMILES string of the molecule is O=C(O)N(CC(Cl)(Cl)Cl)c1cncc(C(F)(F)F)c1. The van der Waals surface area contributed by atoms with Gasteiger partial charge in [-0.1, -0.05) is 34.8 Å². The third-order valence-electron chi connectivity index (χ3n) is 1.93. The number of hydrogen-bond donors (Lipinski definition) is 1. The Kier molecular flexibility index (Phi) is 4.76. The van der Waals surface area contributed by atoms with E-state index in [1.807, 2.05) is 0 Å². The van der Waals surface area contributed by atoms with Gasteiger partial charge in [-0.3, -0.25) is 9.88 Å². The highest BCUT2D eigenvalue weighted by Gasteiger charge is 2.33. The minimum absolute atomic E-state index is 0.339. The largest absolute Gasteiger partial charge is 0.465 e. The van der Waals surface area contributed by atoms with Crippen molar-refractivity contribution in [3.05, 3.63) is 24.0 Å². The molecule has 1 aromatic heterocycles. The maximum Gasteiger partial charge on any atom is 0.417 e. The van der Waals surface area contributed by atoms with E-state index in [1.165, 1.54) is 0 Å². The standard InChI is InChI=1S/C9H6Cl3F3N2O2/c10-8(11,12)4-17(7(18)19)6-1-5(2-16-3-6)9(13,14)15/h1-3H,4H2,(H,18,19). The van der Waals surface area contributed by atoms with Crippen LogP contribution in [0.5, 0.6) is 0 Å². The van der Waals surface area contributed by atoms with Crippen molar-refractivity contribution in [2.24, 2.45) is 0 Å². The third-order valence-corrected chi connectivity index (χ3v) is 2.29. The highest BCUT2D eigenvalue weighted by atomic mass is 35.6. The van der Waals surface area contributed by atoms with Crippen LogP contribution in [0.3, 0.4) is 0 Å². The highest BCUT2D eigenvalue weighted by Crippen LogP contribution is 2.33. The van der Waals surface area contributed by atoms with E-state index in [1.54, 1.807) is 0 Å². The Morgan fingerprint density at radius 3 is 2.32 bits per heavy atom. The van der Waals surface area contributed by atoms with Gasteiger partial charge in [0, 0.05) is 6.20 Å². The quantitative estimate of drug-likeness (QED) is 0.831. The van der Waals surface area contributed by atoms with Gasteiger partial charge in [0.1, 0.15) is 0 Å². The molecule has 0 aliphatic carbocycles. The van der Waals surface area contributed by atoms with Crippen LogP contribution in [0.2, 0.25) is 0 Å². The number of nitrogens with zero attached hydrogens (tertiary/aromatic N) is 2. The number of halogens is 6. The first-order valence-corrected chi connectivity index (χ1v) is 5.73. The summed E-state index contributed by atoms with van der Waals surface area (Å²) in [6.07, 6.45) is -4.71. The molecule has 0 bridgehead atoms. The summed E-state index contributed by atoms with van der Waals surface area (Å²) < 4.78 is 35.5. The van der Waals surface area contributed by atoms with Gasteiger partial charge in [0.05, 0.1) is 24.0 Å². The van der Waals surface area contributed by atoms with Crippen LogP contribution in [0.15, 0.2) is 18.5 Å². The summed E-state index contributed by atoms with van der Waals surface area (Å²) in [5.74, 6) is 0. The fourth-order valence-corrected chi connectivity index (χ4v) is 1.54. The second-order valence-electron chi connectivity index (χ2n) is 3.41. The van der Waals surface area contributed by atoms with Gasteiger partial charge in [0.2, 0.25) is 3.79 Å². The maximum atomic E-state index is 12.5. The normalized spacial score (nSPS) is 12.3. The number of anilines is 1. The Bertz CT molecular complexity index is 477. The van der Waals surface area contributed by atoms with E-state index in [0.29, 0.717) is 17.2 Å². The zero-order chi connectivity index (χ0) is 14.8. The van der Waals surface area contributed by atoms with Crippen LogP contribution in [-0.4, -0.2) is 26.5 Å². The molecule has 0 aliphatic rings. The lowest BCUT2D eigenvalue weighted by Gasteiger charge is -2.23. The van der Waals surface area contributed by atoms with E-state index in [0.717, 1.165) is 6.20 Å². The van der Waals surface area contributed by atoms with Crippen LogP contribution in [0.4, 0.5) is 23.7 Å². The van der Waals surface area contributed by atoms with Gasteiger partial charge >= 0.3 is 12.3 Å². The van der Waals surface area contributed by atoms with Crippen molar-refractivity contribution < 1.29 is 23.1 Å². The summed E-state index contributed by atoms with van der Waals surface area (Å²) in [7, 11) is 0. The van der Waals surface area contributed by atoms with Gasteiger partial charge < -0.3 is 5.11 Å².